The average Bonchev–Trinajstić information content (AvgIpc) is 3.74. The topological polar surface area (TPSA) is 44.9 Å². The van der Waals surface area contributed by atoms with Crippen LogP contribution in [-0.2, 0) is 5.41 Å². The number of benzene rings is 6. The minimum atomic E-state index is -0.0140. The second-order valence-electron chi connectivity index (χ2n) is 14.0. The number of fused-ring (bicyclic) bond motifs is 4. The van der Waals surface area contributed by atoms with E-state index in [4.69, 9.17) is 14.7 Å². The number of ether oxygens (including phenoxy) is 1. The van der Waals surface area contributed by atoms with E-state index in [0.717, 1.165) is 61.6 Å². The lowest BCUT2D eigenvalue weighted by molar-refractivity contribution is 0.483. The molecule has 5 nitrogen and oxygen atoms in total. The van der Waals surface area contributed by atoms with Crippen LogP contribution in [0.15, 0.2) is 164 Å². The molecule has 3 heterocycles. The van der Waals surface area contributed by atoms with Crippen molar-refractivity contribution < 1.29 is 4.74 Å². The number of hydrogen-bond acceptors (Lipinski definition) is 3. The van der Waals surface area contributed by atoms with Gasteiger partial charge in [-0.15, -0.1) is 0 Å². The van der Waals surface area contributed by atoms with Crippen LogP contribution >= 0.6 is 0 Å². The summed E-state index contributed by atoms with van der Waals surface area (Å²) in [4.78, 5) is 9.73. The molecule has 51 heavy (non-hydrogen) atoms. The van der Waals surface area contributed by atoms with Crippen LogP contribution in [0.3, 0.4) is 0 Å². The van der Waals surface area contributed by atoms with Gasteiger partial charge in [0, 0.05) is 34.7 Å². The van der Waals surface area contributed by atoms with Crippen molar-refractivity contribution >= 4 is 32.8 Å². The molecule has 6 aromatic carbocycles. The van der Waals surface area contributed by atoms with Gasteiger partial charge < -0.3 is 4.74 Å². The van der Waals surface area contributed by atoms with E-state index in [1.807, 2.05) is 30.7 Å². The van der Waals surface area contributed by atoms with Crippen LogP contribution in [0.1, 0.15) is 26.3 Å². The van der Waals surface area contributed by atoms with Crippen molar-refractivity contribution in [2.75, 3.05) is 0 Å². The van der Waals surface area contributed by atoms with Gasteiger partial charge >= 0.3 is 0 Å². The van der Waals surface area contributed by atoms with Gasteiger partial charge in [-0.2, -0.15) is 0 Å². The Kier molecular flexibility index (Phi) is 7.29. The fourth-order valence-electron chi connectivity index (χ4n) is 7.06. The molecular weight excluding hydrogens is 625 g/mol. The van der Waals surface area contributed by atoms with Crippen molar-refractivity contribution in [1.82, 2.24) is 19.1 Å². The molecule has 0 saturated carbocycles. The molecule has 0 spiro atoms. The molecule has 246 valence electrons. The predicted octanol–water partition coefficient (Wildman–Crippen LogP) is 11.9. The predicted molar refractivity (Wildman–Crippen MR) is 209 cm³/mol. The lowest BCUT2D eigenvalue weighted by Crippen LogP contribution is -2.12. The van der Waals surface area contributed by atoms with Gasteiger partial charge in [-0.25, -0.2) is 9.97 Å². The Morgan fingerprint density at radius 3 is 2.10 bits per heavy atom. The first-order chi connectivity index (χ1) is 24.9. The third-order valence-corrected chi connectivity index (χ3v) is 9.68. The van der Waals surface area contributed by atoms with Crippen molar-refractivity contribution in [1.29, 1.82) is 0 Å². The Balaban J connectivity index is 1.14. The summed E-state index contributed by atoms with van der Waals surface area (Å²) in [6.07, 6.45) is 3.81. The van der Waals surface area contributed by atoms with Crippen molar-refractivity contribution in [3.05, 3.63) is 170 Å². The van der Waals surface area contributed by atoms with E-state index in [1.54, 1.807) is 0 Å². The largest absolute Gasteiger partial charge is 0.457 e. The molecule has 5 heteroatoms. The van der Waals surface area contributed by atoms with Gasteiger partial charge in [0.05, 0.1) is 27.8 Å². The van der Waals surface area contributed by atoms with Gasteiger partial charge in [0.1, 0.15) is 23.6 Å². The Labute approximate surface area is 297 Å². The summed E-state index contributed by atoms with van der Waals surface area (Å²) in [5.74, 6) is 2.38. The zero-order chi connectivity index (χ0) is 34.5. The molecule has 0 radical (unpaired) electrons. The van der Waals surface area contributed by atoms with Crippen molar-refractivity contribution in [3.63, 3.8) is 0 Å². The minimum absolute atomic E-state index is 0.0140. The molecule has 9 aromatic rings. The van der Waals surface area contributed by atoms with Crippen LogP contribution in [0.4, 0.5) is 0 Å². The third kappa shape index (κ3) is 5.53. The third-order valence-electron chi connectivity index (χ3n) is 9.68. The quantitative estimate of drug-likeness (QED) is 0.178. The lowest BCUT2D eigenvalue weighted by Gasteiger charge is -2.20. The molecule has 0 N–H and O–H groups in total. The monoisotopic (exact) mass is 660 g/mol. The van der Waals surface area contributed by atoms with E-state index in [0.29, 0.717) is 0 Å². The average molecular weight is 661 g/mol. The second kappa shape index (κ2) is 12.1. The Hall–Kier alpha value is -6.46. The number of aromatic nitrogens is 4. The number of imidazole rings is 1. The highest BCUT2D eigenvalue weighted by Gasteiger charge is 2.19. The number of para-hydroxylation sites is 1. The van der Waals surface area contributed by atoms with Crippen LogP contribution < -0.4 is 4.74 Å². The number of hydrogen-bond donors (Lipinski definition) is 0. The molecule has 0 aliphatic rings. The Bertz CT molecular complexity index is 2700. The molecule has 0 bridgehead atoms. The zero-order valence-corrected chi connectivity index (χ0v) is 28.8. The molecule has 3 aromatic heterocycles. The van der Waals surface area contributed by atoms with E-state index < -0.39 is 0 Å². The number of pyridine rings is 1. The van der Waals surface area contributed by atoms with Crippen molar-refractivity contribution in [3.8, 4) is 45.3 Å². The van der Waals surface area contributed by atoms with Crippen molar-refractivity contribution in [2.24, 2.45) is 0 Å². The molecule has 0 aliphatic carbocycles. The summed E-state index contributed by atoms with van der Waals surface area (Å²) in [6.45, 7) is 6.71. The maximum absolute atomic E-state index is 6.62. The summed E-state index contributed by atoms with van der Waals surface area (Å²) in [5, 5.41) is 2.32. The highest BCUT2D eigenvalue weighted by atomic mass is 16.5. The van der Waals surface area contributed by atoms with Crippen molar-refractivity contribution in [2.45, 2.75) is 26.2 Å². The normalized spacial score (nSPS) is 11.8. The van der Waals surface area contributed by atoms with Gasteiger partial charge in [0.25, 0.3) is 0 Å². The van der Waals surface area contributed by atoms with E-state index in [9.17, 15) is 0 Å². The van der Waals surface area contributed by atoms with Crippen LogP contribution in [0.5, 0.6) is 11.5 Å². The van der Waals surface area contributed by atoms with Gasteiger partial charge in [-0.05, 0) is 82.3 Å². The van der Waals surface area contributed by atoms with Crippen LogP contribution in [0, 0.1) is 0 Å². The van der Waals surface area contributed by atoms with Crippen LogP contribution in [-0.4, -0.2) is 19.1 Å². The number of rotatable bonds is 6. The van der Waals surface area contributed by atoms with Crippen LogP contribution in [0.2, 0.25) is 0 Å². The fourth-order valence-corrected chi connectivity index (χ4v) is 7.06. The highest BCUT2D eigenvalue weighted by Crippen LogP contribution is 2.38. The van der Waals surface area contributed by atoms with Gasteiger partial charge in [0.2, 0.25) is 0 Å². The maximum Gasteiger partial charge on any atom is 0.137 e. The molecule has 0 saturated heterocycles. The summed E-state index contributed by atoms with van der Waals surface area (Å²) >= 11 is 0. The SMILES string of the molecule is CC(C)(C)c1ccnc(-n2c3ccc(-c4ccccc4)cc3c3ccc(Oc4cccc(-n5cnc6c(-c7ccccc7)cccc65)c4)cc32)c1. The highest BCUT2D eigenvalue weighted by molar-refractivity contribution is 6.10. The first-order valence-electron chi connectivity index (χ1n) is 17.3. The number of nitrogens with zero attached hydrogens (tertiary/aromatic N) is 4. The van der Waals surface area contributed by atoms with Gasteiger partial charge in [-0.1, -0.05) is 106 Å². The van der Waals surface area contributed by atoms with E-state index in [1.165, 1.54) is 22.1 Å². The first-order valence-corrected chi connectivity index (χ1v) is 17.3. The molecular formula is C46H36N4O. The molecule has 9 rings (SSSR count). The summed E-state index contributed by atoms with van der Waals surface area (Å²) < 4.78 is 11.0. The van der Waals surface area contributed by atoms with Crippen LogP contribution in [0.25, 0.3) is 66.6 Å². The molecule has 0 atom stereocenters. The summed E-state index contributed by atoms with van der Waals surface area (Å²) in [5.41, 5.74) is 11.0. The summed E-state index contributed by atoms with van der Waals surface area (Å²) in [6, 6.07) is 52.8. The molecule has 0 unspecified atom stereocenters. The lowest BCUT2D eigenvalue weighted by atomic mass is 9.88. The molecule has 0 aliphatic heterocycles. The van der Waals surface area contributed by atoms with Gasteiger partial charge in [-0.3, -0.25) is 9.13 Å². The van der Waals surface area contributed by atoms with E-state index >= 15 is 0 Å². The van der Waals surface area contributed by atoms with E-state index in [2.05, 4.69) is 163 Å². The Morgan fingerprint density at radius 2 is 1.29 bits per heavy atom. The Morgan fingerprint density at radius 1 is 0.529 bits per heavy atom. The zero-order valence-electron chi connectivity index (χ0n) is 28.8. The molecule has 0 amide bonds. The smallest absolute Gasteiger partial charge is 0.137 e. The maximum atomic E-state index is 6.62. The fraction of sp³-hybridized carbons (Fsp3) is 0.0870. The second-order valence-corrected chi connectivity index (χ2v) is 14.0. The minimum Gasteiger partial charge on any atom is -0.457 e. The van der Waals surface area contributed by atoms with E-state index in [-0.39, 0.29) is 5.41 Å². The summed E-state index contributed by atoms with van der Waals surface area (Å²) in [7, 11) is 0. The molecule has 0 fully saturated rings. The van der Waals surface area contributed by atoms with Gasteiger partial charge in [0.15, 0.2) is 0 Å². The first kappa shape index (κ1) is 30.6. The standard InChI is InChI=1S/C46H36N4O/c1-46(2,3)34-24-25-47-44(27-34)50-41-23-20-33(31-12-6-4-7-13-31)26-40(41)39-22-21-37(29-43(39)50)51-36-17-10-16-35(28-36)49-30-48-45-38(18-11-19-42(45)49)32-14-8-5-9-15-32/h4-30H,1-3H3.